The fourth-order valence-corrected chi connectivity index (χ4v) is 1.74. The molecule has 0 unspecified atom stereocenters. The third kappa shape index (κ3) is 2.74. The smallest absolute Gasteiger partial charge is 0.0484 e. The van der Waals surface area contributed by atoms with Crippen LogP contribution in [0.25, 0.3) is 11.1 Å². The van der Waals surface area contributed by atoms with E-state index in [-0.39, 0.29) is 0 Å². The van der Waals surface area contributed by atoms with Crippen molar-refractivity contribution < 1.29 is 0 Å². The first-order valence-electron chi connectivity index (χ1n) is 5.25. The molecule has 0 radical (unpaired) electrons. The van der Waals surface area contributed by atoms with E-state index < -0.39 is 0 Å². The second kappa shape index (κ2) is 5.00. The maximum Gasteiger partial charge on any atom is 0.0484 e. The summed E-state index contributed by atoms with van der Waals surface area (Å²) in [6, 6.07) is 18.3. The van der Waals surface area contributed by atoms with Crippen molar-refractivity contribution >= 4 is 22.7 Å². The largest absolute Gasteiger partial charge is 0.0837 e. The molecule has 0 heterocycles. The van der Waals surface area contributed by atoms with E-state index in [9.17, 15) is 0 Å². The highest BCUT2D eigenvalue weighted by Crippen LogP contribution is 2.21. The Kier molecular flexibility index (Phi) is 3.43. The minimum absolute atomic E-state index is 0.768. The van der Waals surface area contributed by atoms with Gasteiger partial charge in [0.2, 0.25) is 0 Å². The van der Waals surface area contributed by atoms with Gasteiger partial charge in [0.15, 0.2) is 0 Å². The van der Waals surface area contributed by atoms with Gasteiger partial charge in [0.05, 0.1) is 0 Å². The zero-order chi connectivity index (χ0) is 11.4. The summed E-state index contributed by atoms with van der Waals surface area (Å²) in [4.78, 5) is 0. The zero-order valence-corrected chi connectivity index (χ0v) is 9.91. The number of hydrogen-bond acceptors (Lipinski definition) is 0. The first-order chi connectivity index (χ1) is 7.75. The maximum absolute atomic E-state index is 6.24. The molecular formula is C15H13Cl. The second-order valence-corrected chi connectivity index (χ2v) is 4.18. The fraction of sp³-hybridized carbons (Fsp3) is 0.0667. The summed E-state index contributed by atoms with van der Waals surface area (Å²) in [5.74, 6) is 0. The Labute approximate surface area is 101 Å². The van der Waals surface area contributed by atoms with Gasteiger partial charge in [0.1, 0.15) is 0 Å². The van der Waals surface area contributed by atoms with Crippen molar-refractivity contribution in [2.45, 2.75) is 6.92 Å². The van der Waals surface area contributed by atoms with Crippen LogP contribution in [0.1, 0.15) is 16.7 Å². The molecule has 0 spiro atoms. The average Bonchev–Trinajstić information content (AvgIpc) is 2.33. The fourth-order valence-electron chi connectivity index (χ4n) is 1.49. The van der Waals surface area contributed by atoms with Crippen molar-refractivity contribution in [2.75, 3.05) is 0 Å². The van der Waals surface area contributed by atoms with E-state index in [0.29, 0.717) is 0 Å². The summed E-state index contributed by atoms with van der Waals surface area (Å²) in [5.41, 5.74) is 3.43. The van der Waals surface area contributed by atoms with E-state index in [0.717, 1.165) is 16.2 Å². The van der Waals surface area contributed by atoms with Crippen LogP contribution >= 0.6 is 11.6 Å². The minimum atomic E-state index is 0.768. The van der Waals surface area contributed by atoms with Crippen LogP contribution in [0.5, 0.6) is 0 Å². The molecule has 0 nitrogen and oxygen atoms in total. The van der Waals surface area contributed by atoms with Gasteiger partial charge >= 0.3 is 0 Å². The number of rotatable bonds is 2. The third-order valence-electron chi connectivity index (χ3n) is 2.42. The number of benzene rings is 2. The van der Waals surface area contributed by atoms with Crippen molar-refractivity contribution in [3.8, 4) is 0 Å². The van der Waals surface area contributed by atoms with Crippen LogP contribution in [0.3, 0.4) is 0 Å². The Morgan fingerprint density at radius 1 is 0.938 bits per heavy atom. The quantitative estimate of drug-likeness (QED) is 0.652. The Balaban J connectivity index is 2.28. The van der Waals surface area contributed by atoms with Crippen LogP contribution in [-0.2, 0) is 0 Å². The van der Waals surface area contributed by atoms with E-state index in [1.54, 1.807) is 0 Å². The van der Waals surface area contributed by atoms with Crippen LogP contribution in [0.15, 0.2) is 54.6 Å². The lowest BCUT2D eigenvalue weighted by atomic mass is 10.1. The highest BCUT2D eigenvalue weighted by Gasteiger charge is 1.96. The number of halogens is 1. The first kappa shape index (κ1) is 11.0. The Morgan fingerprint density at radius 2 is 1.56 bits per heavy atom. The molecule has 80 valence electrons. The SMILES string of the molecule is Cc1ccc(C=C(Cl)c2ccccc2)cc1. The first-order valence-corrected chi connectivity index (χ1v) is 5.63. The number of hydrogen-bond donors (Lipinski definition) is 0. The summed E-state index contributed by atoms with van der Waals surface area (Å²) in [6.07, 6.45) is 1.98. The monoisotopic (exact) mass is 228 g/mol. The summed E-state index contributed by atoms with van der Waals surface area (Å²) >= 11 is 6.24. The van der Waals surface area contributed by atoms with Gasteiger partial charge < -0.3 is 0 Å². The molecule has 16 heavy (non-hydrogen) atoms. The molecule has 1 heteroatoms. The predicted octanol–water partition coefficient (Wildman–Crippen LogP) is 4.73. The Bertz CT molecular complexity index is 481. The highest BCUT2D eigenvalue weighted by atomic mass is 35.5. The van der Waals surface area contributed by atoms with Gasteiger partial charge in [-0.1, -0.05) is 71.8 Å². The molecule has 0 atom stereocenters. The molecule has 2 rings (SSSR count). The van der Waals surface area contributed by atoms with Gasteiger partial charge in [0, 0.05) is 5.03 Å². The molecule has 0 aromatic heterocycles. The van der Waals surface area contributed by atoms with Crippen LogP contribution < -0.4 is 0 Å². The summed E-state index contributed by atoms with van der Waals surface area (Å²) < 4.78 is 0. The van der Waals surface area contributed by atoms with E-state index in [2.05, 4.69) is 31.2 Å². The van der Waals surface area contributed by atoms with Crippen LogP contribution in [0.2, 0.25) is 0 Å². The van der Waals surface area contributed by atoms with E-state index >= 15 is 0 Å². The molecule has 0 aliphatic heterocycles. The van der Waals surface area contributed by atoms with Gasteiger partial charge in [-0.25, -0.2) is 0 Å². The molecule has 2 aromatic rings. The maximum atomic E-state index is 6.24. The molecule has 0 N–H and O–H groups in total. The van der Waals surface area contributed by atoms with Gasteiger partial charge in [-0.05, 0) is 24.1 Å². The Hall–Kier alpha value is -1.53. The van der Waals surface area contributed by atoms with E-state index in [4.69, 9.17) is 11.6 Å². The Morgan fingerprint density at radius 3 is 2.19 bits per heavy atom. The summed E-state index contributed by atoms with van der Waals surface area (Å²) in [7, 11) is 0. The van der Waals surface area contributed by atoms with Crippen molar-refractivity contribution in [2.24, 2.45) is 0 Å². The molecule has 0 amide bonds. The predicted molar refractivity (Wildman–Crippen MR) is 71.3 cm³/mol. The molecule has 0 saturated heterocycles. The molecule has 0 fully saturated rings. The summed E-state index contributed by atoms with van der Waals surface area (Å²) in [5, 5.41) is 0.768. The van der Waals surface area contributed by atoms with Gasteiger partial charge in [0.25, 0.3) is 0 Å². The van der Waals surface area contributed by atoms with Gasteiger partial charge in [-0.2, -0.15) is 0 Å². The number of aryl methyl sites for hydroxylation is 1. The second-order valence-electron chi connectivity index (χ2n) is 3.77. The van der Waals surface area contributed by atoms with Gasteiger partial charge in [-0.15, -0.1) is 0 Å². The van der Waals surface area contributed by atoms with Gasteiger partial charge in [-0.3, -0.25) is 0 Å². The lowest BCUT2D eigenvalue weighted by Crippen LogP contribution is -1.77. The van der Waals surface area contributed by atoms with Crippen molar-refractivity contribution in [1.29, 1.82) is 0 Å². The topological polar surface area (TPSA) is 0 Å². The van der Waals surface area contributed by atoms with E-state index in [1.165, 1.54) is 5.56 Å². The molecule has 0 saturated carbocycles. The van der Waals surface area contributed by atoms with E-state index in [1.807, 2.05) is 36.4 Å². The standard InChI is InChI=1S/C15H13Cl/c1-12-7-9-13(10-8-12)11-15(16)14-5-3-2-4-6-14/h2-11H,1H3. The van der Waals surface area contributed by atoms with Crippen LogP contribution in [0, 0.1) is 6.92 Å². The lowest BCUT2D eigenvalue weighted by molar-refractivity contribution is 1.46. The molecule has 0 aliphatic carbocycles. The lowest BCUT2D eigenvalue weighted by Gasteiger charge is -2.00. The van der Waals surface area contributed by atoms with Crippen molar-refractivity contribution in [3.63, 3.8) is 0 Å². The van der Waals surface area contributed by atoms with Crippen molar-refractivity contribution in [1.82, 2.24) is 0 Å². The zero-order valence-electron chi connectivity index (χ0n) is 9.15. The minimum Gasteiger partial charge on any atom is -0.0837 e. The molecular weight excluding hydrogens is 216 g/mol. The highest BCUT2D eigenvalue weighted by molar-refractivity contribution is 6.51. The summed E-state index contributed by atoms with van der Waals surface area (Å²) in [6.45, 7) is 2.08. The van der Waals surface area contributed by atoms with Crippen LogP contribution in [-0.4, -0.2) is 0 Å². The molecule has 0 bridgehead atoms. The molecule has 0 aliphatic rings. The molecule has 2 aromatic carbocycles. The average molecular weight is 229 g/mol. The van der Waals surface area contributed by atoms with Crippen LogP contribution in [0.4, 0.5) is 0 Å². The third-order valence-corrected chi connectivity index (χ3v) is 2.75. The normalized spacial score (nSPS) is 11.5. The van der Waals surface area contributed by atoms with Crippen molar-refractivity contribution in [3.05, 3.63) is 71.3 Å².